The molecule has 0 aliphatic heterocycles. The number of hydrogen-bond acceptors (Lipinski definition) is 2. The van der Waals surface area contributed by atoms with E-state index in [9.17, 15) is 13.2 Å². The molecule has 0 aliphatic carbocycles. The van der Waals surface area contributed by atoms with Gasteiger partial charge in [0, 0.05) is 11.2 Å². The highest BCUT2D eigenvalue weighted by molar-refractivity contribution is 7.81. The number of rotatable bonds is 2. The molecule has 6 heteroatoms. The highest BCUT2D eigenvalue weighted by Crippen LogP contribution is 2.53. The summed E-state index contributed by atoms with van der Waals surface area (Å²) < 4.78 is 39.1. The predicted octanol–water partition coefficient (Wildman–Crippen LogP) is 3.52. The molecule has 0 saturated carbocycles. The van der Waals surface area contributed by atoms with Gasteiger partial charge >= 0.3 is 7.03 Å². The number of benzene rings is 1. The van der Waals surface area contributed by atoms with Crippen molar-refractivity contribution in [2.45, 2.75) is 0 Å². The van der Waals surface area contributed by atoms with Crippen LogP contribution in [-0.4, -0.2) is 0 Å². The fraction of sp³-hybridized carbons (Fsp3) is 0. The lowest BCUT2D eigenvalue weighted by molar-refractivity contribution is 0.436. The first-order chi connectivity index (χ1) is 5.49. The molecular weight excluding hydrogens is 208 g/mol. The minimum absolute atomic E-state index is 0.460. The van der Waals surface area contributed by atoms with E-state index in [0.29, 0.717) is 0 Å². The first-order valence-electron chi connectivity index (χ1n) is 2.92. The Labute approximate surface area is 72.5 Å². The normalized spacial score (nSPS) is 15.2. The summed E-state index contributed by atoms with van der Waals surface area (Å²) in [6.07, 6.45) is 0. The van der Waals surface area contributed by atoms with E-state index in [1.807, 2.05) is 0 Å². The van der Waals surface area contributed by atoms with Gasteiger partial charge in [-0.1, -0.05) is 12.1 Å². The molecule has 0 bridgehead atoms. The topological polar surface area (TPSA) is 26.3 Å². The molecule has 1 aromatic carbocycles. The molecule has 0 amide bonds. The van der Waals surface area contributed by atoms with Crippen molar-refractivity contribution in [2.24, 2.45) is 0 Å². The summed E-state index contributed by atoms with van der Waals surface area (Å²) in [7, 11) is -4.68. The molecule has 0 aliphatic rings. The van der Waals surface area contributed by atoms with Gasteiger partial charge in [0.2, 0.25) is 0 Å². The third-order valence-electron chi connectivity index (χ3n) is 1.04. The fourth-order valence-corrected chi connectivity index (χ4v) is 1.23. The molecule has 0 N–H and O–H groups in total. The molecule has 0 fully saturated rings. The Kier molecular flexibility index (Phi) is 2.70. The van der Waals surface area contributed by atoms with Crippen LogP contribution < -0.4 is 4.52 Å². The maximum atomic E-state index is 12.6. The summed E-state index contributed by atoms with van der Waals surface area (Å²) in [5.41, 5.74) is 0. The smallest absolute Gasteiger partial charge is 0.407 e. The van der Waals surface area contributed by atoms with E-state index in [4.69, 9.17) is 0 Å². The van der Waals surface area contributed by atoms with Crippen molar-refractivity contribution in [3.8, 4) is 5.75 Å². The third kappa shape index (κ3) is 2.80. The lowest BCUT2D eigenvalue weighted by atomic mass is 10.3. The second kappa shape index (κ2) is 3.42. The van der Waals surface area contributed by atoms with E-state index in [0.717, 1.165) is 12.1 Å². The van der Waals surface area contributed by atoms with Gasteiger partial charge in [0.15, 0.2) is 11.6 Å². The summed E-state index contributed by atoms with van der Waals surface area (Å²) in [5, 5.41) is 0. The molecule has 1 aromatic rings. The van der Waals surface area contributed by atoms with Crippen molar-refractivity contribution >= 4 is 18.3 Å². The minimum Gasteiger partial charge on any atom is -0.407 e. The van der Waals surface area contributed by atoms with Crippen molar-refractivity contribution in [2.75, 3.05) is 0 Å². The van der Waals surface area contributed by atoms with Crippen LogP contribution in [0.4, 0.5) is 8.59 Å². The van der Waals surface area contributed by atoms with Crippen LogP contribution in [-0.2, 0) is 4.57 Å². The first-order valence-corrected chi connectivity index (χ1v) is 5.34. The van der Waals surface area contributed by atoms with Gasteiger partial charge in [-0.3, -0.25) is 0 Å². The summed E-state index contributed by atoms with van der Waals surface area (Å²) in [6.45, 7) is 0. The van der Waals surface area contributed by atoms with Gasteiger partial charge < -0.3 is 4.52 Å². The fourth-order valence-electron chi connectivity index (χ4n) is 0.633. The second-order valence-corrected chi connectivity index (χ2v) is 4.16. The Hall–Kier alpha value is -0.600. The van der Waals surface area contributed by atoms with Crippen LogP contribution in [0.5, 0.6) is 5.75 Å². The zero-order chi connectivity index (χ0) is 9.19. The van der Waals surface area contributed by atoms with Crippen LogP contribution in [0.25, 0.3) is 0 Å². The summed E-state index contributed by atoms with van der Waals surface area (Å²) >= 11 is 4.64. The van der Waals surface area contributed by atoms with Gasteiger partial charge in [0.1, 0.15) is 0 Å². The molecule has 0 spiro atoms. The van der Waals surface area contributed by atoms with E-state index < -0.39 is 18.6 Å². The van der Waals surface area contributed by atoms with Gasteiger partial charge in [-0.2, -0.15) is 0 Å². The number of hydrogen-bond donors (Lipinski definition) is 0. The van der Waals surface area contributed by atoms with Crippen LogP contribution in [0.1, 0.15) is 0 Å². The third-order valence-corrected chi connectivity index (χ3v) is 1.66. The maximum Gasteiger partial charge on any atom is 0.514 e. The molecule has 1 unspecified atom stereocenters. The molecule has 66 valence electrons. The lowest BCUT2D eigenvalue weighted by Gasteiger charge is -2.04. The van der Waals surface area contributed by atoms with Crippen LogP contribution in [0, 0.1) is 5.82 Å². The second-order valence-electron chi connectivity index (χ2n) is 1.94. The van der Waals surface area contributed by atoms with E-state index in [-0.39, 0.29) is 0 Å². The Morgan fingerprint density at radius 3 is 2.50 bits per heavy atom. The molecule has 2 nitrogen and oxygen atoms in total. The maximum absolute atomic E-state index is 12.6. The summed E-state index contributed by atoms with van der Waals surface area (Å²) in [5.74, 6) is -1.27. The predicted molar refractivity (Wildman–Crippen MR) is 41.6 cm³/mol. The standard InChI is InChI=1S/C6H4ClF2O2P/c7-12(9,10)11-6-4-2-1-3-5(6)8/h1-4H. The van der Waals surface area contributed by atoms with Gasteiger partial charge in [-0.25, -0.2) is 8.96 Å². The Morgan fingerprint density at radius 1 is 1.42 bits per heavy atom. The van der Waals surface area contributed by atoms with Crippen molar-refractivity contribution < 1.29 is 17.7 Å². The van der Waals surface area contributed by atoms with Crippen molar-refractivity contribution in [3.63, 3.8) is 0 Å². The van der Waals surface area contributed by atoms with E-state index >= 15 is 0 Å². The molecule has 0 radical (unpaired) electrons. The molecule has 0 heterocycles. The zero-order valence-electron chi connectivity index (χ0n) is 5.71. The van der Waals surface area contributed by atoms with E-state index in [1.54, 1.807) is 0 Å². The Bertz CT molecular complexity index is 325. The SMILES string of the molecule is O=P(F)(Cl)Oc1ccccc1F. The molecular formula is C6H4ClF2O2P. The average molecular weight is 213 g/mol. The Balaban J connectivity index is 2.90. The van der Waals surface area contributed by atoms with E-state index in [1.165, 1.54) is 12.1 Å². The van der Waals surface area contributed by atoms with Crippen LogP contribution in [0.15, 0.2) is 24.3 Å². The van der Waals surface area contributed by atoms with Crippen molar-refractivity contribution in [3.05, 3.63) is 30.1 Å². The molecule has 12 heavy (non-hydrogen) atoms. The van der Waals surface area contributed by atoms with Crippen molar-refractivity contribution in [1.82, 2.24) is 0 Å². The quantitative estimate of drug-likeness (QED) is 0.701. The Morgan fingerprint density at radius 2 is 2.00 bits per heavy atom. The van der Waals surface area contributed by atoms with Crippen LogP contribution >= 0.6 is 18.3 Å². The minimum atomic E-state index is -4.68. The molecule has 0 saturated heterocycles. The van der Waals surface area contributed by atoms with Gasteiger partial charge in [0.25, 0.3) is 0 Å². The number of para-hydroxylation sites is 1. The highest BCUT2D eigenvalue weighted by atomic mass is 35.7. The summed E-state index contributed by atoms with van der Waals surface area (Å²) in [4.78, 5) is 0. The van der Waals surface area contributed by atoms with Gasteiger partial charge in [0.05, 0.1) is 0 Å². The zero-order valence-corrected chi connectivity index (χ0v) is 7.36. The largest absolute Gasteiger partial charge is 0.514 e. The van der Waals surface area contributed by atoms with Crippen molar-refractivity contribution in [1.29, 1.82) is 0 Å². The summed E-state index contributed by atoms with van der Waals surface area (Å²) in [6, 6.07) is 4.97. The molecule has 0 aromatic heterocycles. The first kappa shape index (κ1) is 9.49. The van der Waals surface area contributed by atoms with Gasteiger partial charge in [-0.05, 0) is 12.1 Å². The lowest BCUT2D eigenvalue weighted by Crippen LogP contribution is -1.85. The van der Waals surface area contributed by atoms with Crippen LogP contribution in [0.2, 0.25) is 0 Å². The average Bonchev–Trinajstić information content (AvgIpc) is 1.91. The highest BCUT2D eigenvalue weighted by Gasteiger charge is 2.20. The number of halogens is 3. The van der Waals surface area contributed by atoms with Crippen LogP contribution in [0.3, 0.4) is 0 Å². The van der Waals surface area contributed by atoms with E-state index in [2.05, 4.69) is 15.8 Å². The van der Waals surface area contributed by atoms with Gasteiger partial charge in [-0.15, -0.1) is 4.20 Å². The molecule has 1 atom stereocenters. The monoisotopic (exact) mass is 212 g/mol. The molecule has 1 rings (SSSR count).